The molecule has 0 aromatic carbocycles. The van der Waals surface area contributed by atoms with Crippen LogP contribution in [0.3, 0.4) is 0 Å². The quantitative estimate of drug-likeness (QED) is 0.635. The van der Waals surface area contributed by atoms with Gasteiger partial charge in [-0.25, -0.2) is 0 Å². The molecule has 1 aromatic heterocycles. The Labute approximate surface area is 84.1 Å². The molecule has 2 heterocycles. The molecule has 0 amide bonds. The van der Waals surface area contributed by atoms with Crippen molar-refractivity contribution in [1.82, 2.24) is 9.78 Å². The maximum atomic E-state index is 5.90. The smallest absolute Gasteiger partial charge is 0.136 e. The van der Waals surface area contributed by atoms with Gasteiger partial charge in [-0.05, 0) is 31.2 Å². The summed E-state index contributed by atoms with van der Waals surface area (Å²) in [5.74, 6) is 0.823. The third-order valence-corrected chi connectivity index (χ3v) is 3.69. The van der Waals surface area contributed by atoms with Crippen LogP contribution in [0.25, 0.3) is 0 Å². The average molecular weight is 192 g/mol. The second-order valence-corrected chi connectivity index (χ2v) is 4.72. The van der Waals surface area contributed by atoms with Crippen LogP contribution in [-0.2, 0) is 17.4 Å². The SMILES string of the molecule is C[C@@H]1CC[C@]2(c3ccnn3C)O[C@@H]2C1. The van der Waals surface area contributed by atoms with E-state index in [4.69, 9.17) is 4.74 Å². The molecule has 1 saturated heterocycles. The molecule has 3 rings (SSSR count). The third-order valence-electron chi connectivity index (χ3n) is 3.69. The number of epoxide rings is 1. The van der Waals surface area contributed by atoms with Crippen molar-refractivity contribution in [2.75, 3.05) is 0 Å². The average Bonchev–Trinajstić information content (AvgIpc) is 2.71. The second-order valence-electron chi connectivity index (χ2n) is 4.72. The third kappa shape index (κ3) is 0.989. The maximum absolute atomic E-state index is 5.90. The molecule has 0 bridgehead atoms. The number of aryl methyl sites for hydroxylation is 1. The number of nitrogens with zero attached hydrogens (tertiary/aromatic N) is 2. The molecule has 1 saturated carbocycles. The van der Waals surface area contributed by atoms with Crippen LogP contribution in [-0.4, -0.2) is 15.9 Å². The molecule has 2 aliphatic rings. The molecule has 14 heavy (non-hydrogen) atoms. The summed E-state index contributed by atoms with van der Waals surface area (Å²) in [6.45, 7) is 2.31. The molecule has 0 unspecified atom stereocenters. The highest BCUT2D eigenvalue weighted by Gasteiger charge is 2.60. The normalized spacial score (nSPS) is 40.7. The van der Waals surface area contributed by atoms with Crippen molar-refractivity contribution in [1.29, 1.82) is 0 Å². The Hall–Kier alpha value is -0.830. The lowest BCUT2D eigenvalue weighted by atomic mass is 9.81. The Balaban J connectivity index is 1.91. The van der Waals surface area contributed by atoms with E-state index in [9.17, 15) is 0 Å². The van der Waals surface area contributed by atoms with Crippen molar-refractivity contribution in [3.8, 4) is 0 Å². The highest BCUT2D eigenvalue weighted by molar-refractivity contribution is 5.23. The van der Waals surface area contributed by atoms with Crippen LogP contribution >= 0.6 is 0 Å². The summed E-state index contributed by atoms with van der Waals surface area (Å²) >= 11 is 0. The number of rotatable bonds is 1. The first-order valence-electron chi connectivity index (χ1n) is 5.39. The zero-order valence-corrected chi connectivity index (χ0v) is 8.73. The number of hydrogen-bond donors (Lipinski definition) is 0. The van der Waals surface area contributed by atoms with Gasteiger partial charge in [0.15, 0.2) is 0 Å². The van der Waals surface area contributed by atoms with Gasteiger partial charge in [-0.15, -0.1) is 0 Å². The van der Waals surface area contributed by atoms with E-state index in [2.05, 4.69) is 18.1 Å². The van der Waals surface area contributed by atoms with E-state index in [0.29, 0.717) is 6.10 Å². The van der Waals surface area contributed by atoms with Crippen LogP contribution in [0.4, 0.5) is 0 Å². The Kier molecular flexibility index (Phi) is 1.57. The molecule has 0 radical (unpaired) electrons. The topological polar surface area (TPSA) is 30.4 Å². The van der Waals surface area contributed by atoms with Gasteiger partial charge < -0.3 is 4.74 Å². The van der Waals surface area contributed by atoms with Crippen molar-refractivity contribution in [2.45, 2.75) is 37.9 Å². The molecule has 3 nitrogen and oxygen atoms in total. The van der Waals surface area contributed by atoms with E-state index < -0.39 is 0 Å². The minimum atomic E-state index is 0.0394. The maximum Gasteiger partial charge on any atom is 0.136 e. The molecular formula is C11H16N2O. The van der Waals surface area contributed by atoms with Crippen LogP contribution < -0.4 is 0 Å². The zero-order chi connectivity index (χ0) is 9.76. The first-order valence-corrected chi connectivity index (χ1v) is 5.39. The van der Waals surface area contributed by atoms with Gasteiger partial charge in [-0.3, -0.25) is 4.68 Å². The second kappa shape index (κ2) is 2.60. The summed E-state index contributed by atoms with van der Waals surface area (Å²) in [6.07, 6.45) is 5.98. The van der Waals surface area contributed by atoms with Crippen LogP contribution in [0.5, 0.6) is 0 Å². The standard InChI is InChI=1S/C11H16N2O/c1-8-3-5-11(10(7-8)14-11)9-4-6-12-13(9)2/h4,6,8,10H,3,5,7H2,1-2H3/t8-,10-,11-/m1/s1. The highest BCUT2D eigenvalue weighted by atomic mass is 16.6. The predicted molar refractivity (Wildman–Crippen MR) is 52.8 cm³/mol. The Morgan fingerprint density at radius 2 is 2.50 bits per heavy atom. The van der Waals surface area contributed by atoms with E-state index in [1.165, 1.54) is 25.0 Å². The van der Waals surface area contributed by atoms with Crippen molar-refractivity contribution < 1.29 is 4.74 Å². The molecule has 0 N–H and O–H groups in total. The fraction of sp³-hybridized carbons (Fsp3) is 0.727. The molecule has 76 valence electrons. The van der Waals surface area contributed by atoms with E-state index in [1.54, 1.807) is 0 Å². The molecule has 3 atom stereocenters. The fourth-order valence-electron chi connectivity index (χ4n) is 2.76. The lowest BCUT2D eigenvalue weighted by molar-refractivity contribution is 0.273. The molecule has 1 aliphatic carbocycles. The summed E-state index contributed by atoms with van der Waals surface area (Å²) in [7, 11) is 2.00. The number of ether oxygens (including phenoxy) is 1. The first kappa shape index (κ1) is 8.48. The summed E-state index contributed by atoms with van der Waals surface area (Å²) in [4.78, 5) is 0. The van der Waals surface area contributed by atoms with Gasteiger partial charge in [0.05, 0.1) is 11.8 Å². The van der Waals surface area contributed by atoms with Gasteiger partial charge in [-0.1, -0.05) is 6.92 Å². The van der Waals surface area contributed by atoms with Crippen molar-refractivity contribution in [3.63, 3.8) is 0 Å². The molecule has 3 heteroatoms. The highest BCUT2D eigenvalue weighted by Crippen LogP contribution is 2.56. The summed E-state index contributed by atoms with van der Waals surface area (Å²) in [6, 6.07) is 2.09. The first-order chi connectivity index (χ1) is 6.72. The van der Waals surface area contributed by atoms with E-state index in [1.807, 2.05) is 17.9 Å². The van der Waals surface area contributed by atoms with Crippen LogP contribution in [0, 0.1) is 5.92 Å². The fourth-order valence-corrected chi connectivity index (χ4v) is 2.76. The van der Waals surface area contributed by atoms with Gasteiger partial charge in [0.2, 0.25) is 0 Å². The zero-order valence-electron chi connectivity index (χ0n) is 8.73. The molecule has 1 aliphatic heterocycles. The summed E-state index contributed by atoms with van der Waals surface area (Å²) < 4.78 is 7.85. The summed E-state index contributed by atoms with van der Waals surface area (Å²) in [5, 5.41) is 4.22. The van der Waals surface area contributed by atoms with E-state index in [0.717, 1.165) is 5.92 Å². The Bertz CT molecular complexity index is 360. The number of hydrogen-bond acceptors (Lipinski definition) is 2. The molecular weight excluding hydrogens is 176 g/mol. The predicted octanol–water partition coefficient (Wildman–Crippen LogP) is 1.83. The van der Waals surface area contributed by atoms with E-state index >= 15 is 0 Å². The Morgan fingerprint density at radius 1 is 1.64 bits per heavy atom. The minimum Gasteiger partial charge on any atom is -0.359 e. The minimum absolute atomic E-state index is 0.0394. The summed E-state index contributed by atoms with van der Waals surface area (Å²) in [5.41, 5.74) is 1.30. The lowest BCUT2D eigenvalue weighted by Gasteiger charge is -2.21. The molecule has 1 aromatic rings. The number of fused-ring (bicyclic) bond motifs is 1. The lowest BCUT2D eigenvalue weighted by Crippen LogP contribution is -2.23. The van der Waals surface area contributed by atoms with Crippen molar-refractivity contribution in [2.24, 2.45) is 13.0 Å². The van der Waals surface area contributed by atoms with Gasteiger partial charge >= 0.3 is 0 Å². The van der Waals surface area contributed by atoms with E-state index in [-0.39, 0.29) is 5.60 Å². The van der Waals surface area contributed by atoms with Crippen molar-refractivity contribution >= 4 is 0 Å². The monoisotopic (exact) mass is 192 g/mol. The molecule has 0 spiro atoms. The molecule has 2 fully saturated rings. The largest absolute Gasteiger partial charge is 0.359 e. The van der Waals surface area contributed by atoms with Crippen LogP contribution in [0.1, 0.15) is 31.9 Å². The van der Waals surface area contributed by atoms with Gasteiger partial charge in [0, 0.05) is 13.2 Å². The van der Waals surface area contributed by atoms with Gasteiger partial charge in [0.1, 0.15) is 5.60 Å². The number of aromatic nitrogens is 2. The van der Waals surface area contributed by atoms with Gasteiger partial charge in [-0.2, -0.15) is 5.10 Å². The van der Waals surface area contributed by atoms with Crippen LogP contribution in [0.2, 0.25) is 0 Å². The van der Waals surface area contributed by atoms with Crippen molar-refractivity contribution in [3.05, 3.63) is 18.0 Å². The Morgan fingerprint density at radius 3 is 3.14 bits per heavy atom. The van der Waals surface area contributed by atoms with Gasteiger partial charge in [0.25, 0.3) is 0 Å². The van der Waals surface area contributed by atoms with Crippen LogP contribution in [0.15, 0.2) is 12.3 Å².